The van der Waals surface area contributed by atoms with Crippen LogP contribution in [0.5, 0.6) is 0 Å². The number of nitrogen functional groups attached to an aromatic ring is 1. The minimum atomic E-state index is 0.653. The summed E-state index contributed by atoms with van der Waals surface area (Å²) in [5.41, 5.74) is 9.51. The molecule has 5 heteroatoms. The molecule has 20 heavy (non-hydrogen) atoms. The third kappa shape index (κ3) is 3.00. The number of rotatable bonds is 3. The predicted octanol–water partition coefficient (Wildman–Crippen LogP) is 2.24. The quantitative estimate of drug-likeness (QED) is 0.895. The topological polar surface area (TPSA) is 63.4 Å². The Morgan fingerprint density at radius 1 is 1.05 bits per heavy atom. The zero-order chi connectivity index (χ0) is 13.8. The largest absolute Gasteiger partial charge is 0.397 e. The molecule has 0 radical (unpaired) electrons. The van der Waals surface area contributed by atoms with Gasteiger partial charge in [0, 0.05) is 30.7 Å². The standard InChI is InChI=1S/C15H18N4O/c16-12-9-14(11-17-10-12)18-13-1-3-15(4-2-13)19-5-7-20-8-6-19/h1-4,9-11,18H,5-8,16H2. The van der Waals surface area contributed by atoms with Crippen LogP contribution < -0.4 is 16.0 Å². The first-order valence-electron chi connectivity index (χ1n) is 6.71. The van der Waals surface area contributed by atoms with Crippen LogP contribution in [0.25, 0.3) is 0 Å². The summed E-state index contributed by atoms with van der Waals surface area (Å²) >= 11 is 0. The van der Waals surface area contributed by atoms with Crippen LogP contribution >= 0.6 is 0 Å². The molecule has 0 atom stereocenters. The van der Waals surface area contributed by atoms with Crippen molar-refractivity contribution >= 4 is 22.7 Å². The molecule has 0 bridgehead atoms. The Balaban J connectivity index is 1.69. The lowest BCUT2D eigenvalue weighted by molar-refractivity contribution is 0.122. The molecule has 104 valence electrons. The number of nitrogens with two attached hydrogens (primary N) is 1. The highest BCUT2D eigenvalue weighted by molar-refractivity contribution is 5.64. The lowest BCUT2D eigenvalue weighted by atomic mass is 10.2. The van der Waals surface area contributed by atoms with E-state index >= 15 is 0 Å². The van der Waals surface area contributed by atoms with Gasteiger partial charge >= 0.3 is 0 Å². The van der Waals surface area contributed by atoms with Gasteiger partial charge in [0.1, 0.15) is 0 Å². The first-order valence-corrected chi connectivity index (χ1v) is 6.71. The van der Waals surface area contributed by atoms with Crippen molar-refractivity contribution in [2.24, 2.45) is 0 Å². The molecule has 0 saturated carbocycles. The normalized spacial score (nSPS) is 15.1. The van der Waals surface area contributed by atoms with Crippen LogP contribution in [-0.2, 0) is 4.74 Å². The van der Waals surface area contributed by atoms with Crippen LogP contribution in [0.2, 0.25) is 0 Å². The highest BCUT2D eigenvalue weighted by Gasteiger charge is 2.10. The zero-order valence-electron chi connectivity index (χ0n) is 11.2. The Kier molecular flexibility index (Phi) is 3.69. The summed E-state index contributed by atoms with van der Waals surface area (Å²) in [6.45, 7) is 3.50. The number of anilines is 4. The Morgan fingerprint density at radius 3 is 2.50 bits per heavy atom. The fraction of sp³-hybridized carbons (Fsp3) is 0.267. The van der Waals surface area contributed by atoms with Gasteiger partial charge < -0.3 is 20.7 Å². The molecule has 2 heterocycles. The number of nitrogens with zero attached hydrogens (tertiary/aromatic N) is 2. The van der Waals surface area contributed by atoms with Crippen LogP contribution in [0.4, 0.5) is 22.7 Å². The van der Waals surface area contributed by atoms with E-state index in [1.165, 1.54) is 5.69 Å². The van der Waals surface area contributed by atoms with Gasteiger partial charge in [-0.3, -0.25) is 4.98 Å². The molecule has 2 aromatic rings. The number of hydrogen-bond donors (Lipinski definition) is 2. The van der Waals surface area contributed by atoms with Crippen LogP contribution in [0.1, 0.15) is 0 Å². The van der Waals surface area contributed by atoms with Gasteiger partial charge in [0.15, 0.2) is 0 Å². The zero-order valence-corrected chi connectivity index (χ0v) is 11.2. The minimum Gasteiger partial charge on any atom is -0.397 e. The lowest BCUT2D eigenvalue weighted by Gasteiger charge is -2.28. The van der Waals surface area contributed by atoms with E-state index in [1.54, 1.807) is 12.4 Å². The summed E-state index contributed by atoms with van der Waals surface area (Å²) in [5, 5.41) is 3.29. The number of aromatic nitrogens is 1. The molecule has 3 N–H and O–H groups in total. The number of morpholine rings is 1. The van der Waals surface area contributed by atoms with E-state index in [9.17, 15) is 0 Å². The van der Waals surface area contributed by atoms with Crippen LogP contribution in [0.3, 0.4) is 0 Å². The smallest absolute Gasteiger partial charge is 0.0642 e. The van der Waals surface area contributed by atoms with Crippen LogP contribution in [0, 0.1) is 0 Å². The second kappa shape index (κ2) is 5.79. The molecule has 1 aromatic heterocycles. The summed E-state index contributed by atoms with van der Waals surface area (Å²) < 4.78 is 5.36. The Bertz CT molecular complexity index is 564. The molecule has 1 aliphatic heterocycles. The molecule has 0 spiro atoms. The Labute approximate surface area is 118 Å². The number of hydrogen-bond acceptors (Lipinski definition) is 5. The van der Waals surface area contributed by atoms with Gasteiger partial charge in [-0.2, -0.15) is 0 Å². The molecule has 1 aromatic carbocycles. The van der Waals surface area contributed by atoms with Crippen LogP contribution in [-0.4, -0.2) is 31.3 Å². The SMILES string of the molecule is Nc1cncc(Nc2ccc(N3CCOCC3)cc2)c1. The van der Waals surface area contributed by atoms with Gasteiger partial charge in [0.25, 0.3) is 0 Å². The van der Waals surface area contributed by atoms with Gasteiger partial charge in [-0.25, -0.2) is 0 Å². The van der Waals surface area contributed by atoms with Gasteiger partial charge in [0.05, 0.1) is 30.8 Å². The van der Waals surface area contributed by atoms with Crippen molar-refractivity contribution < 1.29 is 4.74 Å². The number of nitrogens with one attached hydrogen (secondary N) is 1. The lowest BCUT2D eigenvalue weighted by Crippen LogP contribution is -2.36. The summed E-state index contributed by atoms with van der Waals surface area (Å²) in [6, 6.07) is 10.2. The molecule has 1 aliphatic rings. The van der Waals surface area contributed by atoms with Gasteiger partial charge in [-0.05, 0) is 30.3 Å². The highest BCUT2D eigenvalue weighted by Crippen LogP contribution is 2.22. The van der Waals surface area contributed by atoms with E-state index < -0.39 is 0 Å². The summed E-state index contributed by atoms with van der Waals surface area (Å²) in [6.07, 6.45) is 3.39. The maximum Gasteiger partial charge on any atom is 0.0642 e. The van der Waals surface area contributed by atoms with Crippen molar-refractivity contribution in [3.05, 3.63) is 42.7 Å². The highest BCUT2D eigenvalue weighted by atomic mass is 16.5. The van der Waals surface area contributed by atoms with Gasteiger partial charge in [-0.15, -0.1) is 0 Å². The minimum absolute atomic E-state index is 0.653. The maximum atomic E-state index is 5.71. The molecule has 0 unspecified atom stereocenters. The van der Waals surface area contributed by atoms with Gasteiger partial charge in [0.2, 0.25) is 0 Å². The Hall–Kier alpha value is -2.27. The average Bonchev–Trinajstić information content (AvgIpc) is 2.49. The van der Waals surface area contributed by atoms with E-state index in [-0.39, 0.29) is 0 Å². The summed E-state index contributed by atoms with van der Waals surface area (Å²) in [4.78, 5) is 6.39. The molecule has 3 rings (SSSR count). The van der Waals surface area contributed by atoms with Crippen molar-refractivity contribution in [2.45, 2.75) is 0 Å². The van der Waals surface area contributed by atoms with Crippen molar-refractivity contribution in [1.29, 1.82) is 0 Å². The van der Waals surface area contributed by atoms with Crippen molar-refractivity contribution in [1.82, 2.24) is 4.98 Å². The van der Waals surface area contributed by atoms with E-state index in [4.69, 9.17) is 10.5 Å². The van der Waals surface area contributed by atoms with Crippen molar-refractivity contribution in [2.75, 3.05) is 42.3 Å². The van der Waals surface area contributed by atoms with Crippen molar-refractivity contribution in [3.63, 3.8) is 0 Å². The van der Waals surface area contributed by atoms with Gasteiger partial charge in [-0.1, -0.05) is 0 Å². The van der Waals surface area contributed by atoms with E-state index in [0.29, 0.717) is 5.69 Å². The second-order valence-corrected chi connectivity index (χ2v) is 4.78. The van der Waals surface area contributed by atoms with E-state index in [1.807, 2.05) is 6.07 Å². The number of benzene rings is 1. The molecule has 1 saturated heterocycles. The first kappa shape index (κ1) is 12.7. The summed E-state index contributed by atoms with van der Waals surface area (Å²) in [7, 11) is 0. The first-order chi connectivity index (χ1) is 9.81. The summed E-state index contributed by atoms with van der Waals surface area (Å²) in [5.74, 6) is 0. The molecular formula is C15H18N4O. The van der Waals surface area contributed by atoms with E-state index in [0.717, 1.165) is 37.7 Å². The number of ether oxygens (including phenoxy) is 1. The third-order valence-corrected chi connectivity index (χ3v) is 3.29. The molecule has 0 amide bonds. The number of pyridine rings is 1. The Morgan fingerprint density at radius 2 is 1.80 bits per heavy atom. The van der Waals surface area contributed by atoms with Crippen molar-refractivity contribution in [3.8, 4) is 0 Å². The molecule has 0 aliphatic carbocycles. The van der Waals surface area contributed by atoms with E-state index in [2.05, 4.69) is 39.5 Å². The van der Waals surface area contributed by atoms with Crippen LogP contribution in [0.15, 0.2) is 42.7 Å². The predicted molar refractivity (Wildman–Crippen MR) is 81.4 cm³/mol. The average molecular weight is 270 g/mol. The second-order valence-electron chi connectivity index (χ2n) is 4.78. The molecule has 5 nitrogen and oxygen atoms in total. The monoisotopic (exact) mass is 270 g/mol. The fourth-order valence-corrected chi connectivity index (χ4v) is 2.27. The molecular weight excluding hydrogens is 252 g/mol. The maximum absolute atomic E-state index is 5.71. The third-order valence-electron chi connectivity index (χ3n) is 3.29. The molecule has 1 fully saturated rings. The fourth-order valence-electron chi connectivity index (χ4n) is 2.27.